The number of anilines is 1. The molecule has 5 nitrogen and oxygen atoms in total. The van der Waals surface area contributed by atoms with Crippen molar-refractivity contribution in [1.82, 2.24) is 19.6 Å². The summed E-state index contributed by atoms with van der Waals surface area (Å²) in [5.74, 6) is 0.932. The summed E-state index contributed by atoms with van der Waals surface area (Å²) in [7, 11) is 0. The molecule has 0 aliphatic heterocycles. The van der Waals surface area contributed by atoms with Crippen LogP contribution < -0.4 is 5.32 Å². The molecule has 0 bridgehead atoms. The Hall–Kier alpha value is -2.47. The first kappa shape index (κ1) is 14.8. The number of imidazole rings is 1. The lowest BCUT2D eigenvalue weighted by Crippen LogP contribution is -2.23. The first-order valence-electron chi connectivity index (χ1n) is 8.82. The highest BCUT2D eigenvalue weighted by atomic mass is 32.1. The van der Waals surface area contributed by atoms with Crippen LogP contribution in [0.2, 0.25) is 0 Å². The number of aromatic nitrogens is 4. The molecule has 1 aliphatic carbocycles. The minimum atomic E-state index is 0.543. The molecule has 25 heavy (non-hydrogen) atoms. The van der Waals surface area contributed by atoms with E-state index in [2.05, 4.69) is 27.4 Å². The van der Waals surface area contributed by atoms with E-state index in [1.807, 2.05) is 35.2 Å². The molecule has 1 N–H and O–H groups in total. The lowest BCUT2D eigenvalue weighted by molar-refractivity contribution is 0.461. The zero-order valence-electron chi connectivity index (χ0n) is 13.9. The van der Waals surface area contributed by atoms with Gasteiger partial charge in [0.05, 0.1) is 11.1 Å². The van der Waals surface area contributed by atoms with Gasteiger partial charge in [-0.15, -0.1) is 16.4 Å². The average Bonchev–Trinajstić information content (AvgIpc) is 3.25. The predicted molar refractivity (Wildman–Crippen MR) is 102 cm³/mol. The van der Waals surface area contributed by atoms with Crippen LogP contribution in [0.5, 0.6) is 0 Å². The number of fused-ring (bicyclic) bond motifs is 2. The van der Waals surface area contributed by atoms with Crippen molar-refractivity contribution in [3.63, 3.8) is 0 Å². The second-order valence-corrected chi connectivity index (χ2v) is 7.72. The lowest BCUT2D eigenvalue weighted by atomic mass is 9.95. The van der Waals surface area contributed by atoms with Gasteiger partial charge >= 0.3 is 0 Å². The molecule has 0 radical (unpaired) electrons. The monoisotopic (exact) mass is 349 g/mol. The first-order valence-corrected chi connectivity index (χ1v) is 9.64. The molecule has 0 saturated heterocycles. The van der Waals surface area contributed by atoms with Gasteiger partial charge in [-0.3, -0.25) is 4.98 Å². The highest BCUT2D eigenvalue weighted by molar-refractivity contribution is 7.22. The number of nitrogens with one attached hydrogen (secondary N) is 1. The van der Waals surface area contributed by atoms with E-state index in [1.165, 1.54) is 36.8 Å². The van der Waals surface area contributed by atoms with Crippen molar-refractivity contribution >= 4 is 32.9 Å². The number of nitrogens with zero attached hydrogens (tertiary/aromatic N) is 4. The van der Waals surface area contributed by atoms with Gasteiger partial charge < -0.3 is 5.32 Å². The zero-order valence-corrected chi connectivity index (χ0v) is 14.7. The van der Waals surface area contributed by atoms with Crippen LogP contribution in [0.4, 0.5) is 5.82 Å². The van der Waals surface area contributed by atoms with Crippen molar-refractivity contribution in [3.05, 3.63) is 42.9 Å². The fourth-order valence-corrected chi connectivity index (χ4v) is 4.61. The molecule has 4 aromatic heterocycles. The Morgan fingerprint density at radius 2 is 2.00 bits per heavy atom. The highest BCUT2D eigenvalue weighted by Gasteiger charge is 2.15. The fourth-order valence-electron chi connectivity index (χ4n) is 3.59. The van der Waals surface area contributed by atoms with Crippen molar-refractivity contribution in [2.24, 2.45) is 0 Å². The van der Waals surface area contributed by atoms with Crippen LogP contribution in [0, 0.1) is 0 Å². The van der Waals surface area contributed by atoms with Crippen molar-refractivity contribution in [3.8, 4) is 10.6 Å². The van der Waals surface area contributed by atoms with E-state index in [0.717, 1.165) is 27.4 Å². The average molecular weight is 349 g/mol. The molecule has 6 heteroatoms. The number of hydrogen-bond acceptors (Lipinski definition) is 5. The highest BCUT2D eigenvalue weighted by Crippen LogP contribution is 2.33. The second kappa shape index (κ2) is 6.11. The number of pyridine rings is 1. The van der Waals surface area contributed by atoms with Crippen molar-refractivity contribution < 1.29 is 0 Å². The summed E-state index contributed by atoms with van der Waals surface area (Å²) >= 11 is 1.75. The van der Waals surface area contributed by atoms with Gasteiger partial charge in [0.15, 0.2) is 5.65 Å². The third-order valence-corrected chi connectivity index (χ3v) is 6.03. The molecular formula is C19H19N5S. The van der Waals surface area contributed by atoms with E-state index in [0.29, 0.717) is 6.04 Å². The molecule has 5 rings (SSSR count). The molecule has 4 heterocycles. The van der Waals surface area contributed by atoms with Gasteiger partial charge in [-0.05, 0) is 37.1 Å². The standard InChI is InChI=1S/C19H19N5S/c1-2-4-14(5-3-1)22-18-6-7-19-21-12-15(24(19)23-18)17-10-13-11-20-9-8-16(13)25-17/h6-12,14H,1-5H2,(H,22,23). The molecule has 1 saturated carbocycles. The maximum absolute atomic E-state index is 4.81. The van der Waals surface area contributed by atoms with Crippen LogP contribution in [0.3, 0.4) is 0 Å². The summed E-state index contributed by atoms with van der Waals surface area (Å²) in [6, 6.07) is 8.84. The van der Waals surface area contributed by atoms with Crippen molar-refractivity contribution in [2.75, 3.05) is 5.32 Å². The molecule has 1 aliphatic rings. The number of thiophene rings is 1. The summed E-state index contributed by atoms with van der Waals surface area (Å²) in [6.07, 6.45) is 12.1. The Kier molecular flexibility index (Phi) is 3.63. The predicted octanol–water partition coefficient (Wildman–Crippen LogP) is 4.75. The van der Waals surface area contributed by atoms with Crippen LogP contribution in [0.1, 0.15) is 32.1 Å². The zero-order chi connectivity index (χ0) is 16.6. The Labute approximate surface area is 149 Å². The Bertz CT molecular complexity index is 996. The quantitative estimate of drug-likeness (QED) is 0.580. The second-order valence-electron chi connectivity index (χ2n) is 6.64. The SMILES string of the molecule is c1cc2sc(-c3cnc4ccc(NC5CCCCC5)nn34)cc2cn1. The van der Waals surface area contributed by atoms with Crippen LogP contribution in [-0.2, 0) is 0 Å². The van der Waals surface area contributed by atoms with E-state index in [9.17, 15) is 0 Å². The van der Waals surface area contributed by atoms with Crippen LogP contribution in [0.15, 0.2) is 42.9 Å². The summed E-state index contributed by atoms with van der Waals surface area (Å²) in [4.78, 5) is 9.89. The Morgan fingerprint density at radius 3 is 2.88 bits per heavy atom. The Morgan fingerprint density at radius 1 is 1.08 bits per heavy atom. The largest absolute Gasteiger partial charge is 0.366 e. The van der Waals surface area contributed by atoms with Crippen molar-refractivity contribution in [2.45, 2.75) is 38.1 Å². The van der Waals surface area contributed by atoms with E-state index >= 15 is 0 Å². The van der Waals surface area contributed by atoms with Gasteiger partial charge in [-0.2, -0.15) is 0 Å². The van der Waals surface area contributed by atoms with Gasteiger partial charge in [-0.25, -0.2) is 9.50 Å². The molecule has 0 spiro atoms. The molecule has 0 aromatic carbocycles. The smallest absolute Gasteiger partial charge is 0.154 e. The minimum Gasteiger partial charge on any atom is -0.366 e. The van der Waals surface area contributed by atoms with Gasteiger partial charge in [0.2, 0.25) is 0 Å². The van der Waals surface area contributed by atoms with Gasteiger partial charge in [0.25, 0.3) is 0 Å². The van der Waals surface area contributed by atoms with Crippen LogP contribution in [0.25, 0.3) is 26.3 Å². The van der Waals surface area contributed by atoms with E-state index < -0.39 is 0 Å². The summed E-state index contributed by atoms with van der Waals surface area (Å²) in [5.41, 5.74) is 1.91. The molecule has 4 aromatic rings. The number of hydrogen-bond donors (Lipinski definition) is 1. The summed E-state index contributed by atoms with van der Waals surface area (Å²) in [6.45, 7) is 0. The first-order chi connectivity index (χ1) is 12.4. The summed E-state index contributed by atoms with van der Waals surface area (Å²) in [5, 5.41) is 9.57. The molecule has 0 unspecified atom stereocenters. The van der Waals surface area contributed by atoms with E-state index in [-0.39, 0.29) is 0 Å². The maximum atomic E-state index is 4.81. The molecule has 126 valence electrons. The molecule has 0 amide bonds. The topological polar surface area (TPSA) is 55.1 Å². The van der Waals surface area contributed by atoms with Gasteiger partial charge in [0.1, 0.15) is 11.5 Å². The molecular weight excluding hydrogens is 330 g/mol. The van der Waals surface area contributed by atoms with Crippen molar-refractivity contribution in [1.29, 1.82) is 0 Å². The summed E-state index contributed by atoms with van der Waals surface area (Å²) < 4.78 is 3.18. The fraction of sp³-hybridized carbons (Fsp3) is 0.316. The molecule has 1 fully saturated rings. The lowest BCUT2D eigenvalue weighted by Gasteiger charge is -2.23. The van der Waals surface area contributed by atoms with Crippen LogP contribution in [-0.4, -0.2) is 25.6 Å². The van der Waals surface area contributed by atoms with E-state index in [1.54, 1.807) is 11.3 Å². The third-order valence-electron chi connectivity index (χ3n) is 4.89. The normalized spacial score (nSPS) is 15.8. The third kappa shape index (κ3) is 2.76. The van der Waals surface area contributed by atoms with E-state index in [4.69, 9.17) is 5.10 Å². The number of rotatable bonds is 3. The maximum Gasteiger partial charge on any atom is 0.154 e. The van der Waals surface area contributed by atoms with Gasteiger partial charge in [0, 0.05) is 28.5 Å². The minimum absolute atomic E-state index is 0.543. The Balaban J connectivity index is 1.53. The van der Waals surface area contributed by atoms with Crippen LogP contribution >= 0.6 is 11.3 Å². The molecule has 0 atom stereocenters. The van der Waals surface area contributed by atoms with Gasteiger partial charge in [-0.1, -0.05) is 19.3 Å².